The summed E-state index contributed by atoms with van der Waals surface area (Å²) >= 11 is 0. The maximum Gasteiger partial charge on any atom is 0.128 e. The minimum absolute atomic E-state index is 0.766. The van der Waals surface area contributed by atoms with E-state index in [9.17, 15) is 0 Å². The molecule has 0 aliphatic carbocycles. The highest BCUT2D eigenvalue weighted by atomic mass is 16.5. The summed E-state index contributed by atoms with van der Waals surface area (Å²) in [4.78, 5) is 4.40. The molecule has 6 aromatic carbocycles. The van der Waals surface area contributed by atoms with Crippen molar-refractivity contribution >= 4 is 28.4 Å². The summed E-state index contributed by atoms with van der Waals surface area (Å²) in [5.41, 5.74) is 10.8. The van der Waals surface area contributed by atoms with E-state index < -0.39 is 0 Å². The largest absolute Gasteiger partial charge is 0.496 e. The Bertz CT molecular complexity index is 1830. The highest BCUT2D eigenvalue weighted by Gasteiger charge is 2.18. The van der Waals surface area contributed by atoms with E-state index >= 15 is 0 Å². The van der Waals surface area contributed by atoms with Crippen molar-refractivity contribution in [1.29, 1.82) is 0 Å². The van der Waals surface area contributed by atoms with Gasteiger partial charge in [-0.05, 0) is 78.7 Å². The van der Waals surface area contributed by atoms with Gasteiger partial charge >= 0.3 is 0 Å². The van der Waals surface area contributed by atoms with Crippen LogP contribution in [0.1, 0.15) is 5.56 Å². The summed E-state index contributed by atoms with van der Waals surface area (Å²) in [5.74, 6) is 1.55. The lowest BCUT2D eigenvalue weighted by Gasteiger charge is -2.27. The van der Waals surface area contributed by atoms with Gasteiger partial charge in [0.1, 0.15) is 11.5 Å². The smallest absolute Gasteiger partial charge is 0.128 e. The number of benzene rings is 6. The Morgan fingerprint density at radius 2 is 0.864 bits per heavy atom. The van der Waals surface area contributed by atoms with Gasteiger partial charge in [0.05, 0.1) is 14.2 Å². The monoisotopic (exact) mass is 576 g/mol. The molecule has 0 aliphatic rings. The first-order valence-corrected chi connectivity index (χ1v) is 14.7. The topological polar surface area (TPSA) is 24.9 Å². The number of nitrogens with zero attached hydrogens (tertiary/aromatic N) is 2. The molecule has 6 rings (SSSR count). The quantitative estimate of drug-likeness (QED) is 0.171. The molecule has 0 aromatic heterocycles. The average molecular weight is 577 g/mol. The van der Waals surface area contributed by atoms with E-state index in [1.54, 1.807) is 14.2 Å². The van der Waals surface area contributed by atoms with Gasteiger partial charge in [-0.2, -0.15) is 0 Å². The van der Waals surface area contributed by atoms with Crippen molar-refractivity contribution in [2.45, 2.75) is 6.92 Å². The number of hydrogen-bond donors (Lipinski definition) is 0. The lowest BCUT2D eigenvalue weighted by atomic mass is 10.0. The van der Waals surface area contributed by atoms with Crippen molar-refractivity contribution < 1.29 is 9.47 Å². The molecule has 4 heteroatoms. The van der Waals surface area contributed by atoms with Crippen molar-refractivity contribution in [2.24, 2.45) is 0 Å². The minimum Gasteiger partial charge on any atom is -0.496 e. The number of ether oxygens (including phenoxy) is 2. The van der Waals surface area contributed by atoms with Gasteiger partial charge in [-0.3, -0.25) is 0 Å². The molecular formula is C40H36N2O2. The van der Waals surface area contributed by atoms with Crippen molar-refractivity contribution in [3.63, 3.8) is 0 Å². The number of anilines is 5. The second kappa shape index (κ2) is 12.8. The van der Waals surface area contributed by atoms with Gasteiger partial charge in [-0.15, -0.1) is 0 Å². The maximum atomic E-state index is 6.00. The lowest BCUT2D eigenvalue weighted by molar-refractivity contribution is 0.410. The fraction of sp³-hybridized carbons (Fsp3) is 0.100. The molecule has 218 valence electrons. The Kier molecular flexibility index (Phi) is 8.33. The molecule has 0 radical (unpaired) electrons. The molecule has 0 N–H and O–H groups in total. The summed E-state index contributed by atoms with van der Waals surface area (Å²) in [5, 5.41) is 0. The predicted octanol–water partition coefficient (Wildman–Crippen LogP) is 10.6. The first-order valence-electron chi connectivity index (χ1n) is 14.7. The maximum absolute atomic E-state index is 6.00. The van der Waals surface area contributed by atoms with E-state index in [-0.39, 0.29) is 0 Å². The molecule has 0 amide bonds. The zero-order valence-electron chi connectivity index (χ0n) is 25.6. The van der Waals surface area contributed by atoms with Crippen molar-refractivity contribution in [3.05, 3.63) is 151 Å². The Morgan fingerprint density at radius 3 is 1.41 bits per heavy atom. The van der Waals surface area contributed by atoms with Gasteiger partial charge in [0, 0.05) is 58.7 Å². The molecule has 0 saturated heterocycles. The molecular weight excluding hydrogens is 540 g/mol. The third-order valence-electron chi connectivity index (χ3n) is 7.97. The fourth-order valence-corrected chi connectivity index (χ4v) is 5.53. The molecule has 0 bridgehead atoms. The molecule has 0 spiro atoms. The summed E-state index contributed by atoms with van der Waals surface area (Å²) in [7, 11) is 5.49. The number of hydrogen-bond acceptors (Lipinski definition) is 4. The number of methoxy groups -OCH3 is 2. The molecule has 0 fully saturated rings. The summed E-state index contributed by atoms with van der Waals surface area (Å²) in [6.07, 6.45) is 0. The molecule has 44 heavy (non-hydrogen) atoms. The van der Waals surface area contributed by atoms with Crippen LogP contribution in [-0.4, -0.2) is 21.3 Å². The van der Waals surface area contributed by atoms with Gasteiger partial charge in [-0.25, -0.2) is 0 Å². The second-order valence-corrected chi connectivity index (χ2v) is 10.7. The Hall–Kier alpha value is -5.48. The molecule has 0 aliphatic heterocycles. The summed E-state index contributed by atoms with van der Waals surface area (Å²) < 4.78 is 11.9. The van der Waals surface area contributed by atoms with Crippen molar-refractivity contribution in [1.82, 2.24) is 0 Å². The van der Waals surface area contributed by atoms with Crippen LogP contribution in [0.25, 0.3) is 22.3 Å². The van der Waals surface area contributed by atoms with Crippen molar-refractivity contribution in [2.75, 3.05) is 31.1 Å². The normalized spacial score (nSPS) is 10.7. The van der Waals surface area contributed by atoms with Gasteiger partial charge in [0.25, 0.3) is 0 Å². The van der Waals surface area contributed by atoms with E-state index in [1.807, 2.05) is 24.3 Å². The number of rotatable bonds is 9. The van der Waals surface area contributed by atoms with Crippen LogP contribution in [0.2, 0.25) is 0 Å². The third kappa shape index (κ3) is 5.88. The molecule has 0 saturated carbocycles. The first kappa shape index (κ1) is 28.6. The Balaban J connectivity index is 1.37. The van der Waals surface area contributed by atoms with Gasteiger partial charge < -0.3 is 19.3 Å². The van der Waals surface area contributed by atoms with Crippen LogP contribution < -0.4 is 19.3 Å². The Labute approximate surface area is 260 Å². The molecule has 4 nitrogen and oxygen atoms in total. The fourth-order valence-electron chi connectivity index (χ4n) is 5.53. The van der Waals surface area contributed by atoms with Crippen LogP contribution in [0.4, 0.5) is 28.4 Å². The van der Waals surface area contributed by atoms with Crippen LogP contribution in [0, 0.1) is 6.92 Å². The van der Waals surface area contributed by atoms with E-state index in [0.717, 1.165) is 51.1 Å². The van der Waals surface area contributed by atoms with Crippen LogP contribution in [0.5, 0.6) is 11.5 Å². The van der Waals surface area contributed by atoms with Crippen LogP contribution in [0.3, 0.4) is 0 Å². The zero-order chi connectivity index (χ0) is 30.5. The van der Waals surface area contributed by atoms with Crippen LogP contribution in [-0.2, 0) is 0 Å². The Morgan fingerprint density at radius 1 is 0.432 bits per heavy atom. The lowest BCUT2D eigenvalue weighted by Crippen LogP contribution is -2.10. The number of para-hydroxylation sites is 2. The van der Waals surface area contributed by atoms with Gasteiger partial charge in [-0.1, -0.05) is 78.4 Å². The molecule has 0 atom stereocenters. The summed E-state index contributed by atoms with van der Waals surface area (Å²) in [6, 6.07) is 50.7. The number of aryl methyl sites for hydroxylation is 1. The second-order valence-electron chi connectivity index (χ2n) is 10.7. The minimum atomic E-state index is 0.766. The van der Waals surface area contributed by atoms with E-state index in [0.29, 0.717) is 0 Å². The molecule has 0 unspecified atom stereocenters. The van der Waals surface area contributed by atoms with Crippen molar-refractivity contribution in [3.8, 4) is 33.8 Å². The van der Waals surface area contributed by atoms with E-state index in [2.05, 4.69) is 145 Å². The van der Waals surface area contributed by atoms with Crippen LogP contribution in [0.15, 0.2) is 146 Å². The standard InChI is InChI=1S/C40H36N2O2/c1-29-15-17-30(18-16-29)31-19-21-34(22-20-31)42(33-13-9-6-10-14-33)36-24-26-38(40(28-36)44-4)37-25-23-35(27-39(37)43-3)41(2)32-11-7-5-8-12-32/h5-28H,1-4H3. The summed E-state index contributed by atoms with van der Waals surface area (Å²) in [6.45, 7) is 2.11. The van der Waals surface area contributed by atoms with E-state index in [1.165, 1.54) is 16.7 Å². The molecule has 0 heterocycles. The highest BCUT2D eigenvalue weighted by molar-refractivity contribution is 5.84. The SMILES string of the molecule is COc1cc(N(C)c2ccccc2)ccc1-c1ccc(N(c2ccccc2)c2ccc(-c3ccc(C)cc3)cc2)cc1OC. The predicted molar refractivity (Wildman–Crippen MR) is 184 cm³/mol. The molecule has 6 aromatic rings. The van der Waals surface area contributed by atoms with Gasteiger partial charge in [0.15, 0.2) is 0 Å². The van der Waals surface area contributed by atoms with Crippen LogP contribution >= 0.6 is 0 Å². The first-order chi connectivity index (χ1) is 21.6. The average Bonchev–Trinajstić information content (AvgIpc) is 3.09. The van der Waals surface area contributed by atoms with Gasteiger partial charge in [0.2, 0.25) is 0 Å². The third-order valence-corrected chi connectivity index (χ3v) is 7.97. The zero-order valence-corrected chi connectivity index (χ0v) is 25.6. The van der Waals surface area contributed by atoms with E-state index in [4.69, 9.17) is 9.47 Å². The highest BCUT2D eigenvalue weighted by Crippen LogP contribution is 2.43.